The molecule has 1 fully saturated rings. The van der Waals surface area contributed by atoms with Crippen LogP contribution in [-0.4, -0.2) is 54.2 Å². The molecule has 1 saturated heterocycles. The predicted octanol–water partition coefficient (Wildman–Crippen LogP) is 2.29. The van der Waals surface area contributed by atoms with Crippen LogP contribution in [0.2, 0.25) is 0 Å². The van der Waals surface area contributed by atoms with Crippen molar-refractivity contribution in [1.29, 1.82) is 0 Å². The van der Waals surface area contributed by atoms with E-state index < -0.39 is 6.10 Å². The topological polar surface area (TPSA) is 59.9 Å². The van der Waals surface area contributed by atoms with Crippen LogP contribution in [0.3, 0.4) is 0 Å². The minimum Gasteiger partial charge on any atom is -0.386 e. The molecule has 1 aromatic rings. The molecule has 25 heavy (non-hydrogen) atoms. The van der Waals surface area contributed by atoms with Gasteiger partial charge in [-0.25, -0.2) is 4.39 Å². The summed E-state index contributed by atoms with van der Waals surface area (Å²) in [5, 5.41) is 16.9. The van der Waals surface area contributed by atoms with Crippen molar-refractivity contribution in [3.8, 4) is 0 Å². The Morgan fingerprint density at radius 2 is 1.92 bits per heavy atom. The van der Waals surface area contributed by atoms with E-state index in [9.17, 15) is 9.50 Å². The van der Waals surface area contributed by atoms with Gasteiger partial charge >= 0.3 is 0 Å². The lowest BCUT2D eigenvalue weighted by Gasteiger charge is -2.35. The lowest BCUT2D eigenvalue weighted by molar-refractivity contribution is 0.167. The Kier molecular flexibility index (Phi) is 7.65. The molecule has 1 aliphatic rings. The van der Waals surface area contributed by atoms with Crippen molar-refractivity contribution < 1.29 is 9.50 Å². The van der Waals surface area contributed by atoms with Crippen LogP contribution in [0.5, 0.6) is 0 Å². The highest BCUT2D eigenvalue weighted by Gasteiger charge is 2.21. The summed E-state index contributed by atoms with van der Waals surface area (Å²) in [4.78, 5) is 6.98. The van der Waals surface area contributed by atoms with E-state index in [1.807, 2.05) is 6.92 Å². The minimum absolute atomic E-state index is 0.242. The quantitative estimate of drug-likeness (QED) is 0.544. The molecule has 5 nitrogen and oxygen atoms in total. The van der Waals surface area contributed by atoms with Gasteiger partial charge in [-0.15, -0.1) is 0 Å². The van der Waals surface area contributed by atoms with Crippen molar-refractivity contribution in [3.05, 3.63) is 35.6 Å². The highest BCUT2D eigenvalue weighted by atomic mass is 19.1. The first-order chi connectivity index (χ1) is 12.0. The molecule has 0 spiro atoms. The van der Waals surface area contributed by atoms with Crippen LogP contribution < -0.4 is 10.6 Å². The van der Waals surface area contributed by atoms with Crippen molar-refractivity contribution >= 4 is 5.96 Å². The van der Waals surface area contributed by atoms with Gasteiger partial charge in [0, 0.05) is 31.7 Å². The molecule has 0 saturated carbocycles. The third-order valence-corrected chi connectivity index (χ3v) is 4.62. The van der Waals surface area contributed by atoms with Crippen LogP contribution in [0, 0.1) is 5.82 Å². The Balaban J connectivity index is 1.88. The van der Waals surface area contributed by atoms with Crippen molar-refractivity contribution in [2.24, 2.45) is 4.99 Å². The number of aliphatic imine (C=N–C) groups is 1. The number of hydrogen-bond donors (Lipinski definition) is 3. The highest BCUT2D eigenvalue weighted by Crippen LogP contribution is 2.15. The second-order valence-electron chi connectivity index (χ2n) is 6.84. The Morgan fingerprint density at radius 1 is 1.28 bits per heavy atom. The number of aliphatic hydroxyl groups is 1. The number of nitrogens with one attached hydrogen (secondary N) is 2. The van der Waals surface area contributed by atoms with E-state index in [1.54, 1.807) is 12.1 Å². The van der Waals surface area contributed by atoms with E-state index in [1.165, 1.54) is 12.1 Å². The average molecular weight is 350 g/mol. The van der Waals surface area contributed by atoms with E-state index >= 15 is 0 Å². The molecule has 0 bridgehead atoms. The summed E-state index contributed by atoms with van der Waals surface area (Å²) >= 11 is 0. The maximum absolute atomic E-state index is 13.0. The van der Waals surface area contributed by atoms with Crippen LogP contribution in [0.4, 0.5) is 4.39 Å². The maximum atomic E-state index is 13.0. The van der Waals surface area contributed by atoms with Gasteiger partial charge in [0.2, 0.25) is 0 Å². The van der Waals surface area contributed by atoms with Crippen LogP contribution in [0.1, 0.15) is 45.3 Å². The minimum atomic E-state index is -0.737. The van der Waals surface area contributed by atoms with E-state index in [4.69, 9.17) is 0 Å². The van der Waals surface area contributed by atoms with Gasteiger partial charge in [0.25, 0.3) is 0 Å². The van der Waals surface area contributed by atoms with Crippen molar-refractivity contribution in [2.45, 2.75) is 51.8 Å². The summed E-state index contributed by atoms with van der Waals surface area (Å²) in [5.74, 6) is 0.425. The molecule has 1 heterocycles. The second-order valence-corrected chi connectivity index (χ2v) is 6.84. The van der Waals surface area contributed by atoms with E-state index in [-0.39, 0.29) is 12.4 Å². The fourth-order valence-corrected chi connectivity index (χ4v) is 3.04. The first-order valence-corrected chi connectivity index (χ1v) is 9.22. The predicted molar refractivity (Wildman–Crippen MR) is 100 cm³/mol. The summed E-state index contributed by atoms with van der Waals surface area (Å²) in [7, 11) is 0. The van der Waals surface area contributed by atoms with Gasteiger partial charge in [-0.3, -0.25) is 4.99 Å². The Labute approximate surface area is 150 Å². The average Bonchev–Trinajstić information content (AvgIpc) is 2.60. The molecule has 1 aliphatic heterocycles. The molecule has 0 amide bonds. The number of piperidine rings is 1. The highest BCUT2D eigenvalue weighted by molar-refractivity contribution is 5.80. The molecule has 0 aromatic heterocycles. The van der Waals surface area contributed by atoms with E-state index in [0.717, 1.165) is 38.4 Å². The van der Waals surface area contributed by atoms with Gasteiger partial charge in [0.1, 0.15) is 5.82 Å². The SMILES string of the molecule is CCNC(=NCC(O)c1ccc(F)cc1)NC1CCN(C(C)C)CC1. The monoisotopic (exact) mass is 350 g/mol. The molecule has 140 valence electrons. The van der Waals surface area contributed by atoms with Crippen LogP contribution in [-0.2, 0) is 0 Å². The van der Waals surface area contributed by atoms with Crippen LogP contribution in [0.15, 0.2) is 29.3 Å². The first-order valence-electron chi connectivity index (χ1n) is 9.22. The van der Waals surface area contributed by atoms with Gasteiger partial charge < -0.3 is 20.6 Å². The Hall–Kier alpha value is -1.66. The number of halogens is 1. The molecule has 1 aromatic carbocycles. The largest absolute Gasteiger partial charge is 0.386 e. The molecule has 0 radical (unpaired) electrons. The summed E-state index contributed by atoms with van der Waals surface area (Å²) in [6, 6.07) is 6.89. The normalized spacial score (nSPS) is 18.4. The van der Waals surface area contributed by atoms with Gasteiger partial charge in [-0.05, 0) is 51.3 Å². The third-order valence-electron chi connectivity index (χ3n) is 4.62. The second kappa shape index (κ2) is 9.73. The van der Waals surface area contributed by atoms with Crippen LogP contribution >= 0.6 is 0 Å². The summed E-state index contributed by atoms with van der Waals surface area (Å²) < 4.78 is 13.0. The van der Waals surface area contributed by atoms with Crippen LogP contribution in [0.25, 0.3) is 0 Å². The molecular weight excluding hydrogens is 319 g/mol. The molecule has 1 atom stereocenters. The van der Waals surface area contributed by atoms with E-state index in [0.29, 0.717) is 17.6 Å². The zero-order valence-corrected chi connectivity index (χ0v) is 15.5. The molecule has 3 N–H and O–H groups in total. The summed E-state index contributed by atoms with van der Waals surface area (Å²) in [6.45, 7) is 9.68. The fourth-order valence-electron chi connectivity index (χ4n) is 3.04. The number of likely N-dealkylation sites (tertiary alicyclic amines) is 1. The molecule has 2 rings (SSSR count). The van der Waals surface area contributed by atoms with Crippen molar-refractivity contribution in [3.63, 3.8) is 0 Å². The Bertz CT molecular complexity index is 539. The van der Waals surface area contributed by atoms with Gasteiger partial charge in [0.05, 0.1) is 12.6 Å². The molecule has 6 heteroatoms. The number of benzene rings is 1. The number of guanidine groups is 1. The van der Waals surface area contributed by atoms with E-state index in [2.05, 4.69) is 34.4 Å². The van der Waals surface area contributed by atoms with Gasteiger partial charge in [-0.1, -0.05) is 12.1 Å². The lowest BCUT2D eigenvalue weighted by Crippen LogP contribution is -2.50. The number of hydrogen-bond acceptors (Lipinski definition) is 3. The lowest BCUT2D eigenvalue weighted by atomic mass is 10.0. The molecular formula is C19H31FN4O. The number of aliphatic hydroxyl groups excluding tert-OH is 1. The Morgan fingerprint density at radius 3 is 2.48 bits per heavy atom. The van der Waals surface area contributed by atoms with Crippen molar-refractivity contribution in [2.75, 3.05) is 26.2 Å². The van der Waals surface area contributed by atoms with Gasteiger partial charge in [0.15, 0.2) is 5.96 Å². The summed E-state index contributed by atoms with van der Waals surface area (Å²) in [5.41, 5.74) is 0.672. The zero-order chi connectivity index (χ0) is 18.2. The number of rotatable bonds is 6. The fraction of sp³-hybridized carbons (Fsp3) is 0.632. The number of nitrogens with zero attached hydrogens (tertiary/aromatic N) is 2. The summed E-state index contributed by atoms with van der Waals surface area (Å²) in [6.07, 6.45) is 1.44. The van der Waals surface area contributed by atoms with Crippen molar-refractivity contribution in [1.82, 2.24) is 15.5 Å². The standard InChI is InChI=1S/C19H31FN4O/c1-4-21-19(23-17-9-11-24(12-10-17)14(2)3)22-13-18(25)15-5-7-16(20)8-6-15/h5-8,14,17-18,25H,4,9-13H2,1-3H3,(H2,21,22,23). The smallest absolute Gasteiger partial charge is 0.191 e. The maximum Gasteiger partial charge on any atom is 0.191 e. The zero-order valence-electron chi connectivity index (χ0n) is 15.5. The molecule has 0 aliphatic carbocycles. The first kappa shape index (κ1) is 19.7. The molecule has 1 unspecified atom stereocenters. The van der Waals surface area contributed by atoms with Gasteiger partial charge in [-0.2, -0.15) is 0 Å². The third kappa shape index (κ3) is 6.29.